The van der Waals surface area contributed by atoms with E-state index in [9.17, 15) is 4.79 Å². The largest absolute Gasteiger partial charge is 0.352 e. The summed E-state index contributed by atoms with van der Waals surface area (Å²) in [6.07, 6.45) is 0.817. The van der Waals surface area contributed by atoms with Crippen LogP contribution in [0.3, 0.4) is 0 Å². The summed E-state index contributed by atoms with van der Waals surface area (Å²) in [4.78, 5) is 29.1. The normalized spacial score (nSPS) is 14.4. The summed E-state index contributed by atoms with van der Waals surface area (Å²) in [7, 11) is 0. The fourth-order valence-corrected chi connectivity index (χ4v) is 5.02. The molecule has 1 saturated heterocycles. The Balaban J connectivity index is 1.52. The van der Waals surface area contributed by atoms with Crippen molar-refractivity contribution in [2.45, 2.75) is 41.0 Å². The number of aryl methyl sites for hydroxylation is 5. The molecule has 1 aliphatic heterocycles. The first-order valence-corrected chi connectivity index (χ1v) is 11.3. The first-order chi connectivity index (χ1) is 14.4. The van der Waals surface area contributed by atoms with E-state index in [2.05, 4.69) is 31.0 Å². The van der Waals surface area contributed by atoms with E-state index in [0.29, 0.717) is 13.1 Å². The summed E-state index contributed by atoms with van der Waals surface area (Å²) in [6.45, 7) is 13.3. The molecule has 0 spiro atoms. The van der Waals surface area contributed by atoms with Crippen LogP contribution in [0.25, 0.3) is 10.2 Å². The molecule has 3 aromatic rings. The highest BCUT2D eigenvalue weighted by molar-refractivity contribution is 7.18. The molecule has 6 nitrogen and oxygen atoms in total. The summed E-state index contributed by atoms with van der Waals surface area (Å²) in [6, 6.07) is 6.03. The van der Waals surface area contributed by atoms with Crippen molar-refractivity contribution < 1.29 is 4.79 Å². The maximum absolute atomic E-state index is 12.9. The van der Waals surface area contributed by atoms with Crippen LogP contribution in [0.1, 0.15) is 34.3 Å². The zero-order valence-corrected chi connectivity index (χ0v) is 19.2. The molecular weight excluding hydrogens is 394 g/mol. The van der Waals surface area contributed by atoms with Gasteiger partial charge in [-0.15, -0.1) is 11.3 Å². The van der Waals surface area contributed by atoms with Gasteiger partial charge in [0.1, 0.15) is 16.5 Å². The van der Waals surface area contributed by atoms with Gasteiger partial charge in [0.2, 0.25) is 0 Å². The van der Waals surface area contributed by atoms with Gasteiger partial charge in [-0.05, 0) is 44.4 Å². The van der Waals surface area contributed by atoms with E-state index in [4.69, 9.17) is 9.97 Å². The topological polar surface area (TPSA) is 61.4 Å². The molecular formula is C23H29N5OS. The maximum atomic E-state index is 12.9. The summed E-state index contributed by atoms with van der Waals surface area (Å²) >= 11 is 1.74. The number of rotatable bonds is 3. The van der Waals surface area contributed by atoms with Crippen LogP contribution >= 0.6 is 11.3 Å². The molecule has 1 N–H and O–H groups in total. The molecule has 1 aromatic carbocycles. The number of amides is 2. The predicted molar refractivity (Wildman–Crippen MR) is 125 cm³/mol. The van der Waals surface area contributed by atoms with Crippen LogP contribution in [-0.4, -0.2) is 47.1 Å². The Morgan fingerprint density at radius 3 is 2.37 bits per heavy atom. The van der Waals surface area contributed by atoms with Crippen molar-refractivity contribution in [3.8, 4) is 0 Å². The molecule has 0 saturated carbocycles. The van der Waals surface area contributed by atoms with Crippen molar-refractivity contribution >= 4 is 39.1 Å². The lowest BCUT2D eigenvalue weighted by Gasteiger charge is -2.36. The molecule has 1 fully saturated rings. The van der Waals surface area contributed by atoms with E-state index in [-0.39, 0.29) is 6.03 Å². The third kappa shape index (κ3) is 3.74. The van der Waals surface area contributed by atoms with Gasteiger partial charge >= 0.3 is 6.03 Å². The Labute approximate surface area is 181 Å². The van der Waals surface area contributed by atoms with Crippen LogP contribution in [-0.2, 0) is 6.42 Å². The number of piperazine rings is 1. The molecule has 0 radical (unpaired) electrons. The molecule has 7 heteroatoms. The van der Waals surface area contributed by atoms with Gasteiger partial charge in [0.05, 0.1) is 5.39 Å². The average Bonchev–Trinajstić information content (AvgIpc) is 3.03. The highest BCUT2D eigenvalue weighted by Gasteiger charge is 2.25. The summed E-state index contributed by atoms with van der Waals surface area (Å²) < 4.78 is 0. The van der Waals surface area contributed by atoms with Crippen LogP contribution in [0, 0.1) is 27.7 Å². The highest BCUT2D eigenvalue weighted by Crippen LogP contribution is 2.35. The standard InChI is InChI=1S/C23H29N5OS/c1-6-18-24-21(19-16(4)17(5)30-22(19)25-18)27-10-12-28(13-11-27)23(29)26-20-14(2)8-7-9-15(20)3/h7-9H,6,10-13H2,1-5H3,(H,26,29). The number of para-hydroxylation sites is 1. The van der Waals surface area contributed by atoms with E-state index < -0.39 is 0 Å². The number of fused-ring (bicyclic) bond motifs is 1. The Hall–Kier alpha value is -2.67. The van der Waals surface area contributed by atoms with Crippen molar-refractivity contribution in [2.24, 2.45) is 0 Å². The minimum atomic E-state index is -0.0308. The van der Waals surface area contributed by atoms with Crippen LogP contribution in [0.2, 0.25) is 0 Å². The second kappa shape index (κ2) is 8.22. The number of carbonyl (C=O) groups is 1. The minimum absolute atomic E-state index is 0.0308. The number of benzene rings is 1. The van der Waals surface area contributed by atoms with Crippen LogP contribution < -0.4 is 10.2 Å². The van der Waals surface area contributed by atoms with Crippen molar-refractivity contribution in [2.75, 3.05) is 36.4 Å². The van der Waals surface area contributed by atoms with Gasteiger partial charge in [-0.25, -0.2) is 14.8 Å². The van der Waals surface area contributed by atoms with Crippen molar-refractivity contribution in [3.05, 3.63) is 45.6 Å². The zero-order chi connectivity index (χ0) is 21.4. The minimum Gasteiger partial charge on any atom is -0.352 e. The van der Waals surface area contributed by atoms with Gasteiger partial charge in [-0.3, -0.25) is 0 Å². The smallest absolute Gasteiger partial charge is 0.321 e. The quantitative estimate of drug-likeness (QED) is 0.655. The highest BCUT2D eigenvalue weighted by atomic mass is 32.1. The second-order valence-corrected chi connectivity index (χ2v) is 9.15. The van der Waals surface area contributed by atoms with Gasteiger partial charge in [0.15, 0.2) is 0 Å². The Morgan fingerprint density at radius 1 is 1.07 bits per heavy atom. The zero-order valence-electron chi connectivity index (χ0n) is 18.4. The van der Waals surface area contributed by atoms with Gasteiger partial charge in [0, 0.05) is 43.2 Å². The number of aromatic nitrogens is 2. The van der Waals surface area contributed by atoms with Gasteiger partial charge in [-0.2, -0.15) is 0 Å². The molecule has 0 atom stereocenters. The Morgan fingerprint density at radius 2 is 1.73 bits per heavy atom. The van der Waals surface area contributed by atoms with Gasteiger partial charge < -0.3 is 15.1 Å². The SMILES string of the molecule is CCc1nc(N2CCN(C(=O)Nc3c(C)cccc3C)CC2)c2c(C)c(C)sc2n1. The van der Waals surface area contributed by atoms with E-state index in [0.717, 1.165) is 52.8 Å². The fraction of sp³-hybridized carbons (Fsp3) is 0.435. The van der Waals surface area contributed by atoms with Crippen molar-refractivity contribution in [1.82, 2.24) is 14.9 Å². The molecule has 30 heavy (non-hydrogen) atoms. The number of anilines is 2. The lowest BCUT2D eigenvalue weighted by atomic mass is 10.1. The van der Waals surface area contributed by atoms with Crippen LogP contribution in [0.5, 0.6) is 0 Å². The van der Waals surface area contributed by atoms with E-state index in [1.165, 1.54) is 15.8 Å². The average molecular weight is 424 g/mol. The molecule has 3 heterocycles. The second-order valence-electron chi connectivity index (χ2n) is 7.95. The maximum Gasteiger partial charge on any atom is 0.321 e. The monoisotopic (exact) mass is 423 g/mol. The number of nitrogens with one attached hydrogen (secondary N) is 1. The van der Waals surface area contributed by atoms with Gasteiger partial charge in [-0.1, -0.05) is 25.1 Å². The lowest BCUT2D eigenvalue weighted by Crippen LogP contribution is -2.50. The summed E-state index contributed by atoms with van der Waals surface area (Å²) in [5, 5.41) is 4.28. The molecule has 1 aliphatic rings. The molecule has 0 aliphatic carbocycles. The van der Waals surface area contributed by atoms with Crippen molar-refractivity contribution in [3.63, 3.8) is 0 Å². The van der Waals surface area contributed by atoms with Crippen molar-refractivity contribution in [1.29, 1.82) is 0 Å². The van der Waals surface area contributed by atoms with E-state index in [1.54, 1.807) is 11.3 Å². The number of nitrogens with zero attached hydrogens (tertiary/aromatic N) is 4. The summed E-state index contributed by atoms with van der Waals surface area (Å²) in [5.41, 5.74) is 4.35. The van der Waals surface area contributed by atoms with Gasteiger partial charge in [0.25, 0.3) is 0 Å². The van der Waals surface area contributed by atoms with E-state index >= 15 is 0 Å². The third-order valence-electron chi connectivity index (χ3n) is 5.95. The van der Waals surface area contributed by atoms with Crippen LogP contribution in [0.15, 0.2) is 18.2 Å². The van der Waals surface area contributed by atoms with E-state index in [1.807, 2.05) is 36.9 Å². The molecule has 2 amide bonds. The number of carbonyl (C=O) groups excluding carboxylic acids is 1. The van der Waals surface area contributed by atoms with Crippen LogP contribution in [0.4, 0.5) is 16.3 Å². The first-order valence-electron chi connectivity index (χ1n) is 10.5. The molecule has 0 unspecified atom stereocenters. The fourth-order valence-electron chi connectivity index (χ4n) is 3.98. The summed E-state index contributed by atoms with van der Waals surface area (Å²) in [5.74, 6) is 1.91. The number of urea groups is 1. The Bertz CT molecular complexity index is 1080. The lowest BCUT2D eigenvalue weighted by molar-refractivity contribution is 0.208. The molecule has 2 aromatic heterocycles. The molecule has 0 bridgehead atoms. The number of hydrogen-bond acceptors (Lipinski definition) is 5. The first kappa shape index (κ1) is 20.6. The Kier molecular flexibility index (Phi) is 5.64. The molecule has 4 rings (SSSR count). The predicted octanol–water partition coefficient (Wildman–Crippen LogP) is 4.84. The third-order valence-corrected chi connectivity index (χ3v) is 7.05. The number of hydrogen-bond donors (Lipinski definition) is 1. The molecule has 158 valence electrons. The number of thiophene rings is 1.